The van der Waals surface area contributed by atoms with E-state index in [0.717, 1.165) is 0 Å². The average Bonchev–Trinajstić information content (AvgIpc) is 2.89. The highest BCUT2D eigenvalue weighted by Gasteiger charge is 2.16. The summed E-state index contributed by atoms with van der Waals surface area (Å²) in [5.74, 6) is -1.47. The number of aromatic nitrogens is 1. The van der Waals surface area contributed by atoms with Crippen LogP contribution < -0.4 is 5.32 Å². The molecule has 0 atom stereocenters. The zero-order chi connectivity index (χ0) is 16.3. The Balaban J connectivity index is 1.93. The van der Waals surface area contributed by atoms with Crippen molar-refractivity contribution in [2.45, 2.75) is 6.92 Å². The standard InChI is InChI=1S/C13H9Cl3N2O4/c1-6-2-11(22-18-6)13(20)21-5-12(19)17-10-4-8(15)7(14)3-9(10)16/h2-4H,5H2,1H3,(H,17,19). The summed E-state index contributed by atoms with van der Waals surface area (Å²) in [5.41, 5.74) is 0.784. The molecule has 0 saturated carbocycles. The van der Waals surface area contributed by atoms with E-state index < -0.39 is 18.5 Å². The van der Waals surface area contributed by atoms with E-state index in [4.69, 9.17) is 44.1 Å². The van der Waals surface area contributed by atoms with Crippen LogP contribution >= 0.6 is 34.8 Å². The maximum atomic E-state index is 11.7. The third-order valence-corrected chi connectivity index (χ3v) is 3.48. The summed E-state index contributed by atoms with van der Waals surface area (Å²) in [5, 5.41) is 6.70. The van der Waals surface area contributed by atoms with Crippen LogP contribution in [0, 0.1) is 6.92 Å². The van der Waals surface area contributed by atoms with Crippen LogP contribution in [0.4, 0.5) is 5.69 Å². The molecule has 0 aliphatic rings. The van der Waals surface area contributed by atoms with Crippen LogP contribution in [0.2, 0.25) is 15.1 Å². The van der Waals surface area contributed by atoms with Crippen LogP contribution in [-0.4, -0.2) is 23.6 Å². The van der Waals surface area contributed by atoms with Crippen molar-refractivity contribution in [2.24, 2.45) is 0 Å². The van der Waals surface area contributed by atoms with Gasteiger partial charge in [-0.3, -0.25) is 4.79 Å². The first-order valence-corrected chi connectivity index (χ1v) is 7.05. The van der Waals surface area contributed by atoms with Crippen molar-refractivity contribution in [3.8, 4) is 0 Å². The highest BCUT2D eigenvalue weighted by Crippen LogP contribution is 2.32. The van der Waals surface area contributed by atoms with Crippen LogP contribution in [-0.2, 0) is 9.53 Å². The van der Waals surface area contributed by atoms with Gasteiger partial charge in [0.2, 0.25) is 5.76 Å². The molecule has 2 aromatic rings. The number of carbonyl (C=O) groups is 2. The summed E-state index contributed by atoms with van der Waals surface area (Å²) < 4.78 is 9.50. The van der Waals surface area contributed by atoms with E-state index in [1.54, 1.807) is 6.92 Å². The molecule has 0 fully saturated rings. The molecule has 1 amide bonds. The molecule has 6 nitrogen and oxygen atoms in total. The van der Waals surface area contributed by atoms with Crippen molar-refractivity contribution in [3.63, 3.8) is 0 Å². The van der Waals surface area contributed by atoms with Gasteiger partial charge in [0.15, 0.2) is 6.61 Å². The summed E-state index contributed by atoms with van der Waals surface area (Å²) in [4.78, 5) is 23.3. The fourth-order valence-electron chi connectivity index (χ4n) is 1.47. The Morgan fingerprint density at radius 2 is 1.86 bits per heavy atom. The van der Waals surface area contributed by atoms with Gasteiger partial charge in [0.1, 0.15) is 0 Å². The molecule has 116 valence electrons. The number of aryl methyl sites for hydroxylation is 1. The molecule has 0 radical (unpaired) electrons. The second-order valence-corrected chi connectivity index (χ2v) is 5.42. The fraction of sp³-hybridized carbons (Fsp3) is 0.154. The van der Waals surface area contributed by atoms with Crippen molar-refractivity contribution in [3.05, 3.63) is 44.7 Å². The smallest absolute Gasteiger partial charge is 0.377 e. The van der Waals surface area contributed by atoms with E-state index in [1.165, 1.54) is 18.2 Å². The maximum absolute atomic E-state index is 11.7. The van der Waals surface area contributed by atoms with Crippen LogP contribution in [0.25, 0.3) is 0 Å². The summed E-state index contributed by atoms with van der Waals surface area (Å²) in [6, 6.07) is 4.19. The molecule has 0 aliphatic carbocycles. The van der Waals surface area contributed by atoms with Crippen molar-refractivity contribution in [1.82, 2.24) is 5.16 Å². The number of esters is 1. The molecule has 0 spiro atoms. The minimum atomic E-state index is -0.795. The molecule has 9 heteroatoms. The first-order valence-electron chi connectivity index (χ1n) is 5.91. The monoisotopic (exact) mass is 362 g/mol. The molecular weight excluding hydrogens is 355 g/mol. The minimum Gasteiger partial charge on any atom is -0.450 e. The van der Waals surface area contributed by atoms with Crippen molar-refractivity contribution in [2.75, 3.05) is 11.9 Å². The molecule has 0 bridgehead atoms. The maximum Gasteiger partial charge on any atom is 0.377 e. The third kappa shape index (κ3) is 4.13. The summed E-state index contributed by atoms with van der Waals surface area (Å²) in [6.07, 6.45) is 0. The van der Waals surface area contributed by atoms with Crippen LogP contribution in [0.15, 0.2) is 22.7 Å². The third-order valence-electron chi connectivity index (χ3n) is 2.45. The number of halogens is 3. The lowest BCUT2D eigenvalue weighted by Crippen LogP contribution is -2.21. The Hall–Kier alpha value is -1.76. The summed E-state index contributed by atoms with van der Waals surface area (Å²) in [6.45, 7) is 1.13. The van der Waals surface area contributed by atoms with Gasteiger partial charge in [0.05, 0.1) is 26.4 Å². The Kier molecular flexibility index (Phi) is 5.28. The number of nitrogens with one attached hydrogen (secondary N) is 1. The molecule has 2 rings (SSSR count). The molecule has 0 aliphatic heterocycles. The van der Waals surface area contributed by atoms with Gasteiger partial charge < -0.3 is 14.6 Å². The van der Waals surface area contributed by atoms with Crippen LogP contribution in [0.1, 0.15) is 16.2 Å². The predicted octanol–water partition coefficient (Wildman–Crippen LogP) is 3.74. The van der Waals surface area contributed by atoms with Gasteiger partial charge in [-0.25, -0.2) is 4.79 Å². The number of amides is 1. The molecule has 1 aromatic heterocycles. The molecular formula is C13H9Cl3N2O4. The van der Waals surface area contributed by atoms with Crippen LogP contribution in [0.3, 0.4) is 0 Å². The van der Waals surface area contributed by atoms with Gasteiger partial charge in [-0.05, 0) is 19.1 Å². The van der Waals surface area contributed by atoms with E-state index in [0.29, 0.717) is 5.69 Å². The van der Waals surface area contributed by atoms with Crippen LogP contribution in [0.5, 0.6) is 0 Å². The fourth-order valence-corrected chi connectivity index (χ4v) is 2.06. The van der Waals surface area contributed by atoms with E-state index in [-0.39, 0.29) is 26.5 Å². The number of benzene rings is 1. The Morgan fingerprint density at radius 1 is 1.18 bits per heavy atom. The second-order valence-electron chi connectivity index (χ2n) is 4.20. The molecule has 1 aromatic carbocycles. The first kappa shape index (κ1) is 16.6. The average molecular weight is 364 g/mol. The van der Waals surface area contributed by atoms with Crippen molar-refractivity contribution in [1.29, 1.82) is 0 Å². The number of carbonyl (C=O) groups excluding carboxylic acids is 2. The molecule has 1 heterocycles. The molecule has 1 N–H and O–H groups in total. The van der Waals surface area contributed by atoms with Crippen molar-refractivity contribution < 1.29 is 18.8 Å². The normalized spacial score (nSPS) is 10.4. The number of hydrogen-bond donors (Lipinski definition) is 1. The Labute approximate surface area is 140 Å². The quantitative estimate of drug-likeness (QED) is 0.661. The Bertz CT molecular complexity index is 730. The molecule has 0 saturated heterocycles. The lowest BCUT2D eigenvalue weighted by atomic mass is 10.3. The van der Waals surface area contributed by atoms with Gasteiger partial charge >= 0.3 is 5.97 Å². The zero-order valence-electron chi connectivity index (χ0n) is 11.2. The number of nitrogens with zero attached hydrogens (tertiary/aromatic N) is 1. The van der Waals surface area contributed by atoms with Crippen molar-refractivity contribution >= 4 is 52.4 Å². The van der Waals surface area contributed by atoms with E-state index in [9.17, 15) is 9.59 Å². The predicted molar refractivity (Wildman–Crippen MR) is 81.6 cm³/mol. The minimum absolute atomic E-state index is 0.0853. The molecule has 0 unspecified atom stereocenters. The van der Waals surface area contributed by atoms with E-state index in [2.05, 4.69) is 10.5 Å². The molecule has 22 heavy (non-hydrogen) atoms. The van der Waals surface area contributed by atoms with Gasteiger partial charge in [-0.15, -0.1) is 0 Å². The lowest BCUT2D eigenvalue weighted by Gasteiger charge is -2.08. The largest absolute Gasteiger partial charge is 0.450 e. The zero-order valence-corrected chi connectivity index (χ0v) is 13.4. The highest BCUT2D eigenvalue weighted by atomic mass is 35.5. The Morgan fingerprint density at radius 3 is 2.50 bits per heavy atom. The topological polar surface area (TPSA) is 81.4 Å². The number of rotatable bonds is 4. The lowest BCUT2D eigenvalue weighted by molar-refractivity contribution is -0.119. The SMILES string of the molecule is Cc1cc(C(=O)OCC(=O)Nc2cc(Cl)c(Cl)cc2Cl)on1. The van der Waals surface area contributed by atoms with Gasteiger partial charge in [-0.1, -0.05) is 40.0 Å². The van der Waals surface area contributed by atoms with Gasteiger partial charge in [0.25, 0.3) is 5.91 Å². The van der Waals surface area contributed by atoms with E-state index in [1.807, 2.05) is 0 Å². The first-order chi connectivity index (χ1) is 10.4. The number of hydrogen-bond acceptors (Lipinski definition) is 5. The number of anilines is 1. The van der Waals surface area contributed by atoms with Gasteiger partial charge in [-0.2, -0.15) is 0 Å². The number of ether oxygens (including phenoxy) is 1. The highest BCUT2D eigenvalue weighted by molar-refractivity contribution is 6.44. The summed E-state index contributed by atoms with van der Waals surface area (Å²) in [7, 11) is 0. The van der Waals surface area contributed by atoms with Gasteiger partial charge in [0, 0.05) is 6.07 Å². The summed E-state index contributed by atoms with van der Waals surface area (Å²) >= 11 is 17.5. The second kappa shape index (κ2) is 7.00. The van der Waals surface area contributed by atoms with E-state index >= 15 is 0 Å².